The third-order valence-corrected chi connectivity index (χ3v) is 3.18. The molecule has 3 aromatic rings. The van der Waals surface area contributed by atoms with Gasteiger partial charge in [-0.3, -0.25) is 9.97 Å². The van der Waals surface area contributed by atoms with Gasteiger partial charge in [0, 0.05) is 35.1 Å². The van der Waals surface area contributed by atoms with Gasteiger partial charge in [-0.15, -0.1) is 0 Å². The van der Waals surface area contributed by atoms with Crippen LogP contribution in [-0.4, -0.2) is 9.97 Å². The van der Waals surface area contributed by atoms with Crippen molar-refractivity contribution in [2.45, 2.75) is 13.8 Å². The van der Waals surface area contributed by atoms with Crippen molar-refractivity contribution in [3.05, 3.63) is 60.0 Å². The molecule has 0 bridgehead atoms. The number of nitrogens with zero attached hydrogens (tertiary/aromatic N) is 2. The van der Waals surface area contributed by atoms with Crippen LogP contribution >= 0.6 is 0 Å². The van der Waals surface area contributed by atoms with Crippen LogP contribution in [0.3, 0.4) is 0 Å². The van der Waals surface area contributed by atoms with Gasteiger partial charge in [-0.1, -0.05) is 18.2 Å². The number of benzene rings is 1. The molecule has 1 aromatic carbocycles. The van der Waals surface area contributed by atoms with Crippen molar-refractivity contribution in [3.8, 4) is 11.1 Å². The second kappa shape index (κ2) is 4.22. The number of hydrogen-bond acceptors (Lipinski definition) is 2. The maximum absolute atomic E-state index is 4.59. The van der Waals surface area contributed by atoms with Crippen LogP contribution in [0.4, 0.5) is 0 Å². The van der Waals surface area contributed by atoms with Crippen LogP contribution in [0.15, 0.2) is 48.9 Å². The topological polar surface area (TPSA) is 25.8 Å². The van der Waals surface area contributed by atoms with Gasteiger partial charge in [0.25, 0.3) is 0 Å². The summed E-state index contributed by atoms with van der Waals surface area (Å²) in [6.07, 6.45) is 5.59. The summed E-state index contributed by atoms with van der Waals surface area (Å²) in [6.45, 7) is 4.19. The SMILES string of the molecule is Cc1cnc2c(-c3cccnc3)ccc(C)c2c1. The molecule has 0 aliphatic rings. The Kier molecular flexibility index (Phi) is 2.56. The van der Waals surface area contributed by atoms with Gasteiger partial charge in [0.05, 0.1) is 5.52 Å². The molecule has 0 atom stereocenters. The van der Waals surface area contributed by atoms with Gasteiger partial charge < -0.3 is 0 Å². The molecular weight excluding hydrogens is 220 g/mol. The first-order valence-electron chi connectivity index (χ1n) is 6.02. The maximum atomic E-state index is 4.59. The van der Waals surface area contributed by atoms with Gasteiger partial charge in [0.1, 0.15) is 0 Å². The molecule has 0 radical (unpaired) electrons. The van der Waals surface area contributed by atoms with E-state index < -0.39 is 0 Å². The largest absolute Gasteiger partial charge is 0.264 e. The van der Waals surface area contributed by atoms with Gasteiger partial charge in [0.15, 0.2) is 0 Å². The van der Waals surface area contributed by atoms with Gasteiger partial charge >= 0.3 is 0 Å². The molecular formula is C16H14N2. The maximum Gasteiger partial charge on any atom is 0.0783 e. The molecule has 88 valence electrons. The van der Waals surface area contributed by atoms with E-state index in [1.807, 2.05) is 18.5 Å². The minimum absolute atomic E-state index is 1.05. The van der Waals surface area contributed by atoms with Crippen LogP contribution < -0.4 is 0 Å². The Balaban J connectivity index is 2.35. The molecule has 0 spiro atoms. The third-order valence-electron chi connectivity index (χ3n) is 3.18. The van der Waals surface area contributed by atoms with Gasteiger partial charge in [-0.25, -0.2) is 0 Å². The fourth-order valence-electron chi connectivity index (χ4n) is 2.22. The first kappa shape index (κ1) is 10.9. The van der Waals surface area contributed by atoms with Crippen LogP contribution in [0.1, 0.15) is 11.1 Å². The number of aromatic nitrogens is 2. The van der Waals surface area contributed by atoms with Crippen LogP contribution in [0.2, 0.25) is 0 Å². The van der Waals surface area contributed by atoms with E-state index in [1.54, 1.807) is 6.20 Å². The molecule has 0 amide bonds. The van der Waals surface area contributed by atoms with Crippen LogP contribution in [-0.2, 0) is 0 Å². The molecule has 2 heteroatoms. The molecule has 0 saturated heterocycles. The lowest BCUT2D eigenvalue weighted by Gasteiger charge is -2.08. The van der Waals surface area contributed by atoms with Gasteiger partial charge in [0.2, 0.25) is 0 Å². The molecule has 2 aromatic heterocycles. The Morgan fingerprint density at radius 3 is 2.67 bits per heavy atom. The highest BCUT2D eigenvalue weighted by molar-refractivity contribution is 5.95. The second-order valence-corrected chi connectivity index (χ2v) is 4.58. The van der Waals surface area contributed by atoms with E-state index in [9.17, 15) is 0 Å². The van der Waals surface area contributed by atoms with Crippen molar-refractivity contribution in [2.75, 3.05) is 0 Å². The van der Waals surface area contributed by atoms with E-state index >= 15 is 0 Å². The van der Waals surface area contributed by atoms with Crippen LogP contribution in [0.5, 0.6) is 0 Å². The second-order valence-electron chi connectivity index (χ2n) is 4.58. The average Bonchev–Trinajstić information content (AvgIpc) is 2.41. The lowest BCUT2D eigenvalue weighted by Crippen LogP contribution is -1.89. The Bertz CT molecular complexity index is 703. The normalized spacial score (nSPS) is 10.8. The van der Waals surface area contributed by atoms with Crippen molar-refractivity contribution in [1.82, 2.24) is 9.97 Å². The first-order valence-corrected chi connectivity index (χ1v) is 6.02. The lowest BCUT2D eigenvalue weighted by molar-refractivity contribution is 1.31. The van der Waals surface area contributed by atoms with Crippen molar-refractivity contribution < 1.29 is 0 Å². The zero-order chi connectivity index (χ0) is 12.5. The quantitative estimate of drug-likeness (QED) is 0.638. The van der Waals surface area contributed by atoms with E-state index in [2.05, 4.69) is 48.1 Å². The first-order chi connectivity index (χ1) is 8.75. The van der Waals surface area contributed by atoms with Crippen LogP contribution in [0.25, 0.3) is 22.0 Å². The highest BCUT2D eigenvalue weighted by atomic mass is 14.7. The Hall–Kier alpha value is -2.22. The molecule has 3 rings (SSSR count). The summed E-state index contributed by atoms with van der Waals surface area (Å²) in [4.78, 5) is 8.77. The molecule has 2 nitrogen and oxygen atoms in total. The Morgan fingerprint density at radius 1 is 1.00 bits per heavy atom. The number of pyridine rings is 2. The Morgan fingerprint density at radius 2 is 1.89 bits per heavy atom. The summed E-state index contributed by atoms with van der Waals surface area (Å²) in [6, 6.07) is 10.5. The average molecular weight is 234 g/mol. The summed E-state index contributed by atoms with van der Waals surface area (Å²) in [5.41, 5.74) is 5.75. The van der Waals surface area contributed by atoms with Crippen molar-refractivity contribution in [3.63, 3.8) is 0 Å². The summed E-state index contributed by atoms with van der Waals surface area (Å²) >= 11 is 0. The zero-order valence-corrected chi connectivity index (χ0v) is 10.5. The zero-order valence-electron chi connectivity index (χ0n) is 10.5. The highest BCUT2D eigenvalue weighted by Gasteiger charge is 2.07. The van der Waals surface area contributed by atoms with E-state index in [4.69, 9.17) is 0 Å². The highest BCUT2D eigenvalue weighted by Crippen LogP contribution is 2.29. The molecule has 2 heterocycles. The summed E-state index contributed by atoms with van der Waals surface area (Å²) in [7, 11) is 0. The van der Waals surface area contributed by atoms with E-state index in [0.717, 1.165) is 16.6 Å². The number of aryl methyl sites for hydroxylation is 2. The number of hydrogen-bond donors (Lipinski definition) is 0. The van der Waals surface area contributed by atoms with Gasteiger partial charge in [-0.05, 0) is 37.1 Å². The summed E-state index contributed by atoms with van der Waals surface area (Å²) in [5, 5.41) is 1.22. The molecule has 0 aliphatic carbocycles. The standard InChI is InChI=1S/C16H14N2/c1-11-8-15-12(2)5-6-14(16(15)18-9-11)13-4-3-7-17-10-13/h3-10H,1-2H3. The number of fused-ring (bicyclic) bond motifs is 1. The molecule has 0 unspecified atom stereocenters. The van der Waals surface area contributed by atoms with Crippen molar-refractivity contribution >= 4 is 10.9 Å². The summed E-state index contributed by atoms with van der Waals surface area (Å²) in [5.74, 6) is 0. The Labute approximate surface area is 106 Å². The minimum atomic E-state index is 1.05. The lowest BCUT2D eigenvalue weighted by atomic mass is 9.99. The van der Waals surface area contributed by atoms with Crippen molar-refractivity contribution in [2.24, 2.45) is 0 Å². The third kappa shape index (κ3) is 1.76. The fraction of sp³-hybridized carbons (Fsp3) is 0.125. The minimum Gasteiger partial charge on any atom is -0.264 e. The molecule has 0 N–H and O–H groups in total. The summed E-state index contributed by atoms with van der Waals surface area (Å²) < 4.78 is 0. The predicted octanol–water partition coefficient (Wildman–Crippen LogP) is 3.91. The monoisotopic (exact) mass is 234 g/mol. The molecule has 0 saturated carbocycles. The number of rotatable bonds is 1. The van der Waals surface area contributed by atoms with Crippen molar-refractivity contribution in [1.29, 1.82) is 0 Å². The van der Waals surface area contributed by atoms with E-state index in [0.29, 0.717) is 0 Å². The van der Waals surface area contributed by atoms with E-state index in [1.165, 1.54) is 16.5 Å². The molecule has 0 fully saturated rings. The smallest absolute Gasteiger partial charge is 0.0783 e. The van der Waals surface area contributed by atoms with E-state index in [-0.39, 0.29) is 0 Å². The van der Waals surface area contributed by atoms with Crippen LogP contribution in [0, 0.1) is 13.8 Å². The predicted molar refractivity (Wildman–Crippen MR) is 74.4 cm³/mol. The molecule has 0 aliphatic heterocycles. The fourth-order valence-corrected chi connectivity index (χ4v) is 2.22. The molecule has 18 heavy (non-hydrogen) atoms. The van der Waals surface area contributed by atoms with Gasteiger partial charge in [-0.2, -0.15) is 0 Å².